The molecule has 0 spiro atoms. The van der Waals surface area contributed by atoms with Gasteiger partial charge in [0, 0.05) is 20.9 Å². The van der Waals surface area contributed by atoms with Crippen molar-refractivity contribution in [3.05, 3.63) is 133 Å². The van der Waals surface area contributed by atoms with Crippen LogP contribution in [-0.4, -0.2) is 0 Å². The molecule has 2 heteroatoms. The van der Waals surface area contributed by atoms with Crippen LogP contribution in [0.5, 0.6) is 0 Å². The Bertz CT molecular complexity index is 2380. The highest BCUT2D eigenvalue weighted by Gasteiger charge is 2.19. The van der Waals surface area contributed by atoms with Crippen molar-refractivity contribution >= 4 is 75.0 Å². The van der Waals surface area contributed by atoms with Gasteiger partial charge in [-0.05, 0) is 66.7 Å². The Balaban J connectivity index is 1.38. The molecule has 0 fully saturated rings. The predicted octanol–water partition coefficient (Wildman–Crippen LogP) is 11.6. The smallest absolute Gasteiger partial charge is 0.190 e. The van der Waals surface area contributed by atoms with Gasteiger partial charge in [-0.1, -0.05) is 133 Å². The third-order valence-corrected chi connectivity index (χ3v) is 9.33. The van der Waals surface area contributed by atoms with Crippen LogP contribution < -0.4 is 0 Å². The monoisotopic (exact) mass is 526 g/mol. The molecule has 9 aromatic rings. The summed E-state index contributed by atoms with van der Waals surface area (Å²) in [7, 11) is 0. The second kappa shape index (κ2) is 8.29. The predicted molar refractivity (Wildman–Crippen MR) is 172 cm³/mol. The SMILES string of the molecule is c1ccc2c(-c3c4ccccc4c(-c4ccc5c(c4)sc4oc6ccccc6c45)c4ccccc34)cccc2c1. The summed E-state index contributed by atoms with van der Waals surface area (Å²) in [5.41, 5.74) is 6.05. The van der Waals surface area contributed by atoms with Gasteiger partial charge in [-0.2, -0.15) is 0 Å². The topological polar surface area (TPSA) is 13.1 Å². The minimum absolute atomic E-state index is 0.954. The van der Waals surface area contributed by atoms with Gasteiger partial charge in [0.25, 0.3) is 0 Å². The fourth-order valence-electron chi connectivity index (χ4n) is 6.59. The molecule has 40 heavy (non-hydrogen) atoms. The average molecular weight is 527 g/mol. The number of fused-ring (bicyclic) bond motifs is 8. The first-order chi connectivity index (χ1) is 19.8. The van der Waals surface area contributed by atoms with Crippen LogP contribution in [0, 0.1) is 0 Å². The number of para-hydroxylation sites is 1. The number of rotatable bonds is 2. The number of furan rings is 1. The Morgan fingerprint density at radius 3 is 1.80 bits per heavy atom. The third-order valence-electron chi connectivity index (χ3n) is 8.30. The van der Waals surface area contributed by atoms with Crippen LogP contribution in [-0.2, 0) is 0 Å². The summed E-state index contributed by atoms with van der Waals surface area (Å²) in [6, 6.07) is 48.4. The molecule has 1 nitrogen and oxygen atoms in total. The van der Waals surface area contributed by atoms with Gasteiger partial charge in [0.2, 0.25) is 0 Å². The van der Waals surface area contributed by atoms with E-state index in [2.05, 4.69) is 127 Å². The second-order valence-electron chi connectivity index (χ2n) is 10.4. The van der Waals surface area contributed by atoms with Crippen molar-refractivity contribution < 1.29 is 4.42 Å². The Labute approximate surface area is 234 Å². The Hall–Kier alpha value is -4.92. The maximum absolute atomic E-state index is 6.24. The van der Waals surface area contributed by atoms with E-state index in [0.717, 1.165) is 10.5 Å². The lowest BCUT2D eigenvalue weighted by Crippen LogP contribution is -1.91. The molecule has 0 saturated heterocycles. The van der Waals surface area contributed by atoms with Crippen LogP contribution in [0.2, 0.25) is 0 Å². The molecule has 0 aliphatic rings. The van der Waals surface area contributed by atoms with E-state index in [1.807, 2.05) is 6.07 Å². The van der Waals surface area contributed by atoms with Crippen molar-refractivity contribution in [1.82, 2.24) is 0 Å². The van der Waals surface area contributed by atoms with Crippen molar-refractivity contribution in [2.75, 3.05) is 0 Å². The molecule has 7 aromatic carbocycles. The molecule has 2 heterocycles. The lowest BCUT2D eigenvalue weighted by Gasteiger charge is -2.18. The Morgan fingerprint density at radius 2 is 1.05 bits per heavy atom. The van der Waals surface area contributed by atoms with Crippen molar-refractivity contribution in [3.63, 3.8) is 0 Å². The van der Waals surface area contributed by atoms with Gasteiger partial charge in [0.05, 0.1) is 0 Å². The maximum atomic E-state index is 6.24. The van der Waals surface area contributed by atoms with Crippen molar-refractivity contribution in [3.8, 4) is 22.3 Å². The van der Waals surface area contributed by atoms with Gasteiger partial charge in [0.15, 0.2) is 4.90 Å². The van der Waals surface area contributed by atoms with E-state index in [1.165, 1.54) is 75.4 Å². The fourth-order valence-corrected chi connectivity index (χ4v) is 7.71. The molecule has 0 N–H and O–H groups in total. The Kier molecular flexibility index (Phi) is 4.55. The largest absolute Gasteiger partial charge is 0.445 e. The molecule has 0 radical (unpaired) electrons. The average Bonchev–Trinajstić information content (AvgIpc) is 3.55. The zero-order valence-corrected chi connectivity index (χ0v) is 22.3. The van der Waals surface area contributed by atoms with E-state index in [9.17, 15) is 0 Å². The van der Waals surface area contributed by atoms with E-state index >= 15 is 0 Å². The van der Waals surface area contributed by atoms with E-state index in [0.29, 0.717) is 0 Å². The van der Waals surface area contributed by atoms with Crippen molar-refractivity contribution in [2.24, 2.45) is 0 Å². The summed E-state index contributed by atoms with van der Waals surface area (Å²) in [6.07, 6.45) is 0. The standard InChI is InChI=1S/C38H22OS/c1-2-12-25-23(10-1)11-9-18-26(25)36-29-15-5-3-13-27(29)35(28-14-4-6-16-30(28)36)24-20-21-32-34(22-24)40-38-37(32)31-17-7-8-19-33(31)39-38/h1-22H. The van der Waals surface area contributed by atoms with Gasteiger partial charge in [0.1, 0.15) is 5.58 Å². The lowest BCUT2D eigenvalue weighted by molar-refractivity contribution is 0.678. The first kappa shape index (κ1) is 22.0. The molecule has 0 atom stereocenters. The molecule has 0 saturated carbocycles. The zero-order valence-electron chi connectivity index (χ0n) is 21.5. The van der Waals surface area contributed by atoms with Crippen LogP contribution in [0.25, 0.3) is 85.9 Å². The summed E-state index contributed by atoms with van der Waals surface area (Å²) in [6.45, 7) is 0. The molecule has 0 aliphatic carbocycles. The summed E-state index contributed by atoms with van der Waals surface area (Å²) in [4.78, 5) is 0.995. The van der Waals surface area contributed by atoms with E-state index in [-0.39, 0.29) is 0 Å². The highest BCUT2D eigenvalue weighted by atomic mass is 32.1. The number of benzene rings is 7. The molecular formula is C38H22OS. The van der Waals surface area contributed by atoms with E-state index in [1.54, 1.807) is 11.3 Å². The lowest BCUT2D eigenvalue weighted by atomic mass is 9.84. The number of hydrogen-bond donors (Lipinski definition) is 0. The molecular weight excluding hydrogens is 504 g/mol. The first-order valence-electron chi connectivity index (χ1n) is 13.6. The molecule has 2 aromatic heterocycles. The molecule has 0 aliphatic heterocycles. The van der Waals surface area contributed by atoms with Gasteiger partial charge < -0.3 is 4.42 Å². The molecule has 186 valence electrons. The van der Waals surface area contributed by atoms with Crippen LogP contribution in [0.1, 0.15) is 0 Å². The number of hydrogen-bond acceptors (Lipinski definition) is 2. The van der Waals surface area contributed by atoms with Gasteiger partial charge >= 0.3 is 0 Å². The van der Waals surface area contributed by atoms with E-state index < -0.39 is 0 Å². The van der Waals surface area contributed by atoms with E-state index in [4.69, 9.17) is 4.42 Å². The molecule has 9 rings (SSSR count). The quantitative estimate of drug-likeness (QED) is 0.204. The van der Waals surface area contributed by atoms with Gasteiger partial charge in [-0.15, -0.1) is 0 Å². The van der Waals surface area contributed by atoms with Crippen LogP contribution in [0.4, 0.5) is 0 Å². The molecule has 0 unspecified atom stereocenters. The Morgan fingerprint density at radius 1 is 0.450 bits per heavy atom. The minimum atomic E-state index is 0.954. The van der Waals surface area contributed by atoms with Crippen molar-refractivity contribution in [2.45, 2.75) is 0 Å². The zero-order chi connectivity index (χ0) is 26.2. The first-order valence-corrected chi connectivity index (χ1v) is 14.4. The summed E-state index contributed by atoms with van der Waals surface area (Å²) >= 11 is 1.74. The fraction of sp³-hybridized carbons (Fsp3) is 0. The highest BCUT2D eigenvalue weighted by Crippen LogP contribution is 2.47. The van der Waals surface area contributed by atoms with Crippen molar-refractivity contribution in [1.29, 1.82) is 0 Å². The third kappa shape index (κ3) is 3.03. The summed E-state index contributed by atoms with van der Waals surface area (Å²) in [5, 5.41) is 11.3. The van der Waals surface area contributed by atoms with Crippen LogP contribution in [0.3, 0.4) is 0 Å². The van der Waals surface area contributed by atoms with Crippen LogP contribution in [0.15, 0.2) is 138 Å². The number of thiophene rings is 1. The summed E-state index contributed by atoms with van der Waals surface area (Å²) < 4.78 is 7.49. The summed E-state index contributed by atoms with van der Waals surface area (Å²) in [5.74, 6) is 0. The van der Waals surface area contributed by atoms with Crippen LogP contribution >= 0.6 is 11.3 Å². The maximum Gasteiger partial charge on any atom is 0.190 e. The van der Waals surface area contributed by atoms with Gasteiger partial charge in [-0.3, -0.25) is 0 Å². The molecule has 0 bridgehead atoms. The van der Waals surface area contributed by atoms with Gasteiger partial charge in [-0.25, -0.2) is 0 Å². The molecule has 0 amide bonds. The second-order valence-corrected chi connectivity index (χ2v) is 11.5. The normalized spacial score (nSPS) is 12.0. The minimum Gasteiger partial charge on any atom is -0.445 e. The highest BCUT2D eigenvalue weighted by molar-refractivity contribution is 7.25.